The van der Waals surface area contributed by atoms with Gasteiger partial charge in [-0.1, -0.05) is 0 Å². The summed E-state index contributed by atoms with van der Waals surface area (Å²) in [4.78, 5) is 4.00. The maximum absolute atomic E-state index is 9.85. The maximum Gasteiger partial charge on any atom is 0.0936 e. The van der Waals surface area contributed by atoms with E-state index in [1.807, 2.05) is 0 Å². The smallest absolute Gasteiger partial charge is 0.0936 e. The molecule has 0 bridgehead atoms. The van der Waals surface area contributed by atoms with E-state index < -0.39 is 6.10 Å². The molecule has 0 aliphatic rings. The fraction of sp³-hybridized carbons (Fsp3) is 0.273. The highest BCUT2D eigenvalue weighted by atomic mass is 16.3. The van der Waals surface area contributed by atoms with Crippen LogP contribution in [-0.4, -0.2) is 19.7 Å². The topological polar surface area (TPSA) is 50.4 Å². The number of aliphatic hydroxyl groups excluding tert-OH is 1. The molecular weight excluding hydrogens is 190 g/mol. The Bertz CT molecular complexity index is 521. The van der Waals surface area contributed by atoms with Crippen LogP contribution in [-0.2, 0) is 0 Å². The van der Waals surface area contributed by atoms with Crippen molar-refractivity contribution in [1.82, 2.24) is 14.6 Å². The zero-order valence-electron chi connectivity index (χ0n) is 8.38. The van der Waals surface area contributed by atoms with Gasteiger partial charge in [-0.15, -0.1) is 11.8 Å². The number of rotatable bonds is 2. The van der Waals surface area contributed by atoms with E-state index in [2.05, 4.69) is 21.9 Å². The number of aliphatic hydroxyl groups is 1. The Hall–Kier alpha value is -1.86. The van der Waals surface area contributed by atoms with Crippen LogP contribution in [0.4, 0.5) is 0 Å². The zero-order valence-corrected chi connectivity index (χ0v) is 8.38. The molecule has 1 N–H and O–H groups in total. The third-order valence-electron chi connectivity index (χ3n) is 2.19. The summed E-state index contributed by atoms with van der Waals surface area (Å²) in [6, 6.07) is 0. The van der Waals surface area contributed by atoms with E-state index in [0.29, 0.717) is 6.42 Å². The highest BCUT2D eigenvalue weighted by Gasteiger charge is 2.12. The first-order chi connectivity index (χ1) is 7.33. The Kier molecular flexibility index (Phi) is 2.66. The maximum atomic E-state index is 9.85. The molecule has 4 nitrogen and oxygen atoms in total. The molecule has 2 aromatic heterocycles. The van der Waals surface area contributed by atoms with Crippen LogP contribution in [0.15, 0.2) is 24.8 Å². The Morgan fingerprint density at radius 2 is 2.40 bits per heavy atom. The van der Waals surface area contributed by atoms with E-state index in [0.717, 1.165) is 11.1 Å². The second-order valence-corrected chi connectivity index (χ2v) is 3.15. The Balaban J connectivity index is 2.37. The first kappa shape index (κ1) is 9.69. The summed E-state index contributed by atoms with van der Waals surface area (Å²) in [5.74, 6) is 5.60. The molecule has 2 aromatic rings. The standard InChI is InChI=1S/C11H11N3O/c1-2-3-4-11(15)9-7-13-14-6-5-12-8-10(9)14/h5-8,11,15H,4H2,1H3. The lowest BCUT2D eigenvalue weighted by atomic mass is 10.1. The SMILES string of the molecule is CC#CCC(O)c1cnn2ccncc12. The van der Waals surface area contributed by atoms with Gasteiger partial charge in [0.2, 0.25) is 0 Å². The van der Waals surface area contributed by atoms with E-state index in [4.69, 9.17) is 0 Å². The van der Waals surface area contributed by atoms with Crippen LogP contribution in [0.5, 0.6) is 0 Å². The fourth-order valence-electron chi connectivity index (χ4n) is 1.42. The quantitative estimate of drug-likeness (QED) is 0.742. The second kappa shape index (κ2) is 4.11. The highest BCUT2D eigenvalue weighted by Crippen LogP contribution is 2.20. The summed E-state index contributed by atoms with van der Waals surface area (Å²) in [5.41, 5.74) is 1.59. The first-order valence-electron chi connectivity index (χ1n) is 4.68. The van der Waals surface area contributed by atoms with Crippen LogP contribution in [0.3, 0.4) is 0 Å². The molecule has 0 saturated carbocycles. The van der Waals surface area contributed by atoms with Gasteiger partial charge in [0.15, 0.2) is 0 Å². The van der Waals surface area contributed by atoms with Crippen molar-refractivity contribution in [2.75, 3.05) is 0 Å². The molecule has 2 rings (SSSR count). The van der Waals surface area contributed by atoms with Crippen molar-refractivity contribution in [2.24, 2.45) is 0 Å². The Morgan fingerprint density at radius 3 is 3.20 bits per heavy atom. The van der Waals surface area contributed by atoms with Crippen LogP contribution in [0, 0.1) is 11.8 Å². The fourth-order valence-corrected chi connectivity index (χ4v) is 1.42. The molecular formula is C11H11N3O. The largest absolute Gasteiger partial charge is 0.387 e. The molecule has 0 amide bonds. The highest BCUT2D eigenvalue weighted by molar-refractivity contribution is 5.52. The number of fused-ring (bicyclic) bond motifs is 1. The van der Waals surface area contributed by atoms with Gasteiger partial charge in [-0.05, 0) is 6.92 Å². The van der Waals surface area contributed by atoms with Crippen molar-refractivity contribution >= 4 is 5.52 Å². The summed E-state index contributed by atoms with van der Waals surface area (Å²) in [6.07, 6.45) is 6.56. The number of aromatic nitrogens is 3. The monoisotopic (exact) mass is 201 g/mol. The molecule has 76 valence electrons. The second-order valence-electron chi connectivity index (χ2n) is 3.15. The van der Waals surface area contributed by atoms with Gasteiger partial charge in [-0.3, -0.25) is 4.98 Å². The summed E-state index contributed by atoms with van der Waals surface area (Å²) < 4.78 is 1.69. The van der Waals surface area contributed by atoms with Crippen LogP contribution < -0.4 is 0 Å². The lowest BCUT2D eigenvalue weighted by Crippen LogP contribution is -1.95. The van der Waals surface area contributed by atoms with Crippen LogP contribution in [0.2, 0.25) is 0 Å². The van der Waals surface area contributed by atoms with E-state index in [1.54, 1.807) is 36.2 Å². The number of hydrogen-bond donors (Lipinski definition) is 1. The first-order valence-corrected chi connectivity index (χ1v) is 4.68. The van der Waals surface area contributed by atoms with Crippen LogP contribution in [0.25, 0.3) is 5.52 Å². The van der Waals surface area contributed by atoms with Gasteiger partial charge >= 0.3 is 0 Å². The summed E-state index contributed by atoms with van der Waals surface area (Å²) in [6.45, 7) is 1.75. The van der Waals surface area contributed by atoms with Crippen LogP contribution >= 0.6 is 0 Å². The number of hydrogen-bond acceptors (Lipinski definition) is 3. The minimum Gasteiger partial charge on any atom is -0.387 e. The molecule has 4 heteroatoms. The molecule has 0 aromatic carbocycles. The normalized spacial score (nSPS) is 12.1. The van der Waals surface area contributed by atoms with Crippen molar-refractivity contribution in [3.63, 3.8) is 0 Å². The summed E-state index contributed by atoms with van der Waals surface area (Å²) in [5, 5.41) is 14.0. The van der Waals surface area contributed by atoms with Crippen molar-refractivity contribution in [2.45, 2.75) is 19.4 Å². The molecule has 2 heterocycles. The average Bonchev–Trinajstić information content (AvgIpc) is 2.69. The van der Waals surface area contributed by atoms with Gasteiger partial charge in [0.05, 0.1) is 24.0 Å². The number of nitrogens with zero attached hydrogens (tertiary/aromatic N) is 3. The van der Waals surface area contributed by atoms with Gasteiger partial charge in [0, 0.05) is 24.4 Å². The van der Waals surface area contributed by atoms with Crippen LogP contribution in [0.1, 0.15) is 25.0 Å². The predicted octanol–water partition coefficient (Wildman–Crippen LogP) is 1.18. The van der Waals surface area contributed by atoms with Gasteiger partial charge in [0.25, 0.3) is 0 Å². The molecule has 15 heavy (non-hydrogen) atoms. The van der Waals surface area contributed by atoms with Gasteiger partial charge < -0.3 is 5.11 Å². The van der Waals surface area contributed by atoms with Crippen molar-refractivity contribution in [3.8, 4) is 11.8 Å². The third kappa shape index (κ3) is 1.83. The van der Waals surface area contributed by atoms with E-state index in [1.165, 1.54) is 0 Å². The third-order valence-corrected chi connectivity index (χ3v) is 2.19. The van der Waals surface area contributed by atoms with Crippen molar-refractivity contribution in [1.29, 1.82) is 0 Å². The summed E-state index contributed by atoms with van der Waals surface area (Å²) >= 11 is 0. The van der Waals surface area contributed by atoms with E-state index >= 15 is 0 Å². The molecule has 0 aliphatic carbocycles. The molecule has 0 fully saturated rings. The Labute approximate surface area is 87.6 Å². The van der Waals surface area contributed by atoms with Gasteiger partial charge in [-0.2, -0.15) is 5.10 Å². The molecule has 0 radical (unpaired) electrons. The minimum absolute atomic E-state index is 0.423. The summed E-state index contributed by atoms with van der Waals surface area (Å²) in [7, 11) is 0. The molecule has 1 atom stereocenters. The zero-order chi connectivity index (χ0) is 10.7. The van der Waals surface area contributed by atoms with E-state index in [-0.39, 0.29) is 0 Å². The molecule has 0 aliphatic heterocycles. The molecule has 0 saturated heterocycles. The minimum atomic E-state index is -0.598. The van der Waals surface area contributed by atoms with Crippen molar-refractivity contribution in [3.05, 3.63) is 30.4 Å². The lowest BCUT2D eigenvalue weighted by molar-refractivity contribution is 0.185. The Morgan fingerprint density at radius 1 is 1.53 bits per heavy atom. The van der Waals surface area contributed by atoms with Crippen molar-refractivity contribution < 1.29 is 5.11 Å². The van der Waals surface area contributed by atoms with Gasteiger partial charge in [-0.25, -0.2) is 4.52 Å². The molecule has 0 spiro atoms. The lowest BCUT2D eigenvalue weighted by Gasteiger charge is -2.03. The predicted molar refractivity (Wildman–Crippen MR) is 56.0 cm³/mol. The molecule has 1 unspecified atom stereocenters. The van der Waals surface area contributed by atoms with E-state index in [9.17, 15) is 5.11 Å². The van der Waals surface area contributed by atoms with Gasteiger partial charge in [0.1, 0.15) is 0 Å². The average molecular weight is 201 g/mol.